The van der Waals surface area contributed by atoms with Crippen LogP contribution in [0.2, 0.25) is 0 Å². The number of ether oxygens (including phenoxy) is 2. The van der Waals surface area contributed by atoms with Crippen molar-refractivity contribution < 1.29 is 23.9 Å². The summed E-state index contributed by atoms with van der Waals surface area (Å²) in [5.74, 6) is -1.26. The Hall–Kier alpha value is -3.35. The number of rotatable bonds is 4. The third-order valence-corrected chi connectivity index (χ3v) is 4.76. The maximum Gasteiger partial charge on any atom is 0.355 e. The fraction of sp³-hybridized carbons (Fsp3) is 0.286. The lowest BCUT2D eigenvalue weighted by molar-refractivity contribution is -0.139. The molecule has 2 heterocycles. The molecule has 7 nitrogen and oxygen atoms in total. The van der Waals surface area contributed by atoms with Gasteiger partial charge in [0.15, 0.2) is 0 Å². The summed E-state index contributed by atoms with van der Waals surface area (Å²) in [7, 11) is 2.50. The Labute approximate surface area is 163 Å². The van der Waals surface area contributed by atoms with E-state index >= 15 is 0 Å². The molecule has 146 valence electrons. The van der Waals surface area contributed by atoms with Crippen LogP contribution in [0.3, 0.4) is 0 Å². The number of carbonyl (C=O) groups is 3. The smallest absolute Gasteiger partial charge is 0.355 e. The topological polar surface area (TPSA) is 76.2 Å². The predicted molar refractivity (Wildman–Crippen MR) is 104 cm³/mol. The molecule has 0 N–H and O–H groups in total. The number of anilines is 2. The van der Waals surface area contributed by atoms with E-state index in [9.17, 15) is 14.4 Å². The zero-order valence-electron chi connectivity index (χ0n) is 16.0. The van der Waals surface area contributed by atoms with Gasteiger partial charge in [-0.2, -0.15) is 0 Å². The lowest BCUT2D eigenvalue weighted by Gasteiger charge is -2.26. The number of hydrogen-bond acceptors (Lipinski definition) is 6. The van der Waals surface area contributed by atoms with Crippen molar-refractivity contribution in [3.05, 3.63) is 60.0 Å². The first-order valence-electron chi connectivity index (χ1n) is 8.95. The predicted octanol–water partition coefficient (Wildman–Crippen LogP) is 2.69. The van der Waals surface area contributed by atoms with E-state index in [1.165, 1.54) is 20.3 Å². The van der Waals surface area contributed by atoms with E-state index in [1.807, 2.05) is 25.1 Å². The van der Waals surface area contributed by atoms with E-state index in [4.69, 9.17) is 9.47 Å². The van der Waals surface area contributed by atoms with Gasteiger partial charge in [-0.15, -0.1) is 0 Å². The molecule has 2 aliphatic rings. The van der Waals surface area contributed by atoms with E-state index in [2.05, 4.69) is 0 Å². The second-order valence-corrected chi connectivity index (χ2v) is 6.49. The van der Waals surface area contributed by atoms with E-state index in [0.29, 0.717) is 12.1 Å². The summed E-state index contributed by atoms with van der Waals surface area (Å²) in [5, 5.41) is 0. The standard InChI is InChI=1S/C21H22N2O5/c1-14-10-11-18(24)23(14)16-8-6-7-15(13-16)22-12-5-4-9-17(20(25)27-2)19(22)21(26)28-3/h4-9,12-14H,10-11H2,1-3H3. The molecule has 1 amide bonds. The lowest BCUT2D eigenvalue weighted by atomic mass is 10.1. The van der Waals surface area contributed by atoms with Crippen molar-refractivity contribution in [2.45, 2.75) is 25.8 Å². The molecule has 0 bridgehead atoms. The van der Waals surface area contributed by atoms with Gasteiger partial charge in [0.05, 0.1) is 19.8 Å². The van der Waals surface area contributed by atoms with Crippen LogP contribution in [0.1, 0.15) is 19.8 Å². The van der Waals surface area contributed by atoms with Crippen LogP contribution >= 0.6 is 0 Å². The fourth-order valence-corrected chi connectivity index (χ4v) is 3.38. The van der Waals surface area contributed by atoms with Crippen LogP contribution in [0, 0.1) is 0 Å². The number of benzene rings is 1. The summed E-state index contributed by atoms with van der Waals surface area (Å²) in [6, 6.07) is 7.37. The molecule has 0 aliphatic carbocycles. The molecule has 0 aromatic heterocycles. The maximum atomic E-state index is 12.5. The van der Waals surface area contributed by atoms with Gasteiger partial charge in [-0.05, 0) is 43.7 Å². The minimum absolute atomic E-state index is 0.0392. The molecule has 0 saturated carbocycles. The van der Waals surface area contributed by atoms with Crippen LogP contribution in [0.15, 0.2) is 60.0 Å². The van der Waals surface area contributed by atoms with Crippen molar-refractivity contribution in [3.8, 4) is 0 Å². The molecule has 7 heteroatoms. The van der Waals surface area contributed by atoms with Crippen LogP contribution in [0.25, 0.3) is 0 Å². The maximum absolute atomic E-state index is 12.5. The van der Waals surface area contributed by atoms with Gasteiger partial charge in [0.1, 0.15) is 5.70 Å². The Balaban J connectivity index is 2.10. The summed E-state index contributed by atoms with van der Waals surface area (Å²) >= 11 is 0. The molecule has 1 aromatic rings. The van der Waals surface area contributed by atoms with Crippen LogP contribution in [0.5, 0.6) is 0 Å². The quantitative estimate of drug-likeness (QED) is 0.746. The van der Waals surface area contributed by atoms with Crippen LogP contribution in [-0.4, -0.2) is 38.1 Å². The van der Waals surface area contributed by atoms with Crippen molar-refractivity contribution in [1.29, 1.82) is 0 Å². The molecule has 1 aromatic carbocycles. The highest BCUT2D eigenvalue weighted by atomic mass is 16.5. The number of esters is 2. The number of methoxy groups -OCH3 is 2. The van der Waals surface area contributed by atoms with E-state index in [-0.39, 0.29) is 23.2 Å². The molecule has 0 radical (unpaired) electrons. The molecule has 2 aliphatic heterocycles. The van der Waals surface area contributed by atoms with Crippen molar-refractivity contribution in [2.75, 3.05) is 24.0 Å². The lowest BCUT2D eigenvalue weighted by Crippen LogP contribution is -2.31. The van der Waals surface area contributed by atoms with Crippen molar-refractivity contribution in [2.24, 2.45) is 0 Å². The summed E-state index contributed by atoms with van der Waals surface area (Å²) in [6.07, 6.45) is 7.83. The SMILES string of the molecule is COC(=O)C1=C(C(=O)OC)N(c2cccc(N3C(=O)CCC3C)c2)C=CC=C1. The van der Waals surface area contributed by atoms with Gasteiger partial charge in [-0.3, -0.25) is 4.79 Å². The average Bonchev–Trinajstić information content (AvgIpc) is 2.92. The average molecular weight is 382 g/mol. The summed E-state index contributed by atoms with van der Waals surface area (Å²) in [4.78, 5) is 40.3. The van der Waals surface area contributed by atoms with Gasteiger partial charge in [-0.1, -0.05) is 12.1 Å². The largest absolute Gasteiger partial charge is 0.465 e. The van der Waals surface area contributed by atoms with Crippen LogP contribution in [0.4, 0.5) is 11.4 Å². The minimum atomic E-state index is -0.673. The number of amides is 1. The molecule has 1 saturated heterocycles. The van der Waals surface area contributed by atoms with Gasteiger partial charge < -0.3 is 19.3 Å². The number of hydrogen-bond donors (Lipinski definition) is 0. The van der Waals surface area contributed by atoms with Gasteiger partial charge >= 0.3 is 11.9 Å². The van der Waals surface area contributed by atoms with Gasteiger partial charge in [0.25, 0.3) is 0 Å². The number of allylic oxidation sites excluding steroid dienone is 2. The normalized spacial score (nSPS) is 19.1. The second-order valence-electron chi connectivity index (χ2n) is 6.49. The van der Waals surface area contributed by atoms with E-state index < -0.39 is 11.9 Å². The molecule has 1 atom stereocenters. The Bertz CT molecular complexity index is 900. The highest BCUT2D eigenvalue weighted by Crippen LogP contribution is 2.32. The molecule has 28 heavy (non-hydrogen) atoms. The minimum Gasteiger partial charge on any atom is -0.465 e. The molecular weight excluding hydrogens is 360 g/mol. The zero-order valence-corrected chi connectivity index (χ0v) is 16.0. The first-order chi connectivity index (χ1) is 13.5. The molecule has 0 spiro atoms. The van der Waals surface area contributed by atoms with E-state index in [0.717, 1.165) is 12.1 Å². The van der Waals surface area contributed by atoms with Crippen LogP contribution < -0.4 is 9.80 Å². The molecule has 1 fully saturated rings. The van der Waals surface area contributed by atoms with Gasteiger partial charge in [-0.25, -0.2) is 9.59 Å². The Morgan fingerprint density at radius 1 is 1.07 bits per heavy atom. The fourth-order valence-electron chi connectivity index (χ4n) is 3.38. The second kappa shape index (κ2) is 8.12. The Morgan fingerprint density at radius 2 is 1.79 bits per heavy atom. The monoisotopic (exact) mass is 382 g/mol. The van der Waals surface area contributed by atoms with Gasteiger partial charge in [0, 0.05) is 30.0 Å². The van der Waals surface area contributed by atoms with Crippen molar-refractivity contribution >= 4 is 29.2 Å². The number of carbonyl (C=O) groups excluding carboxylic acids is 3. The summed E-state index contributed by atoms with van der Waals surface area (Å²) < 4.78 is 9.73. The third-order valence-electron chi connectivity index (χ3n) is 4.76. The molecular formula is C21H22N2O5. The highest BCUT2D eigenvalue weighted by molar-refractivity contribution is 6.05. The zero-order chi connectivity index (χ0) is 20.3. The third kappa shape index (κ3) is 3.55. The Kier molecular flexibility index (Phi) is 5.63. The highest BCUT2D eigenvalue weighted by Gasteiger charge is 2.31. The first kappa shape index (κ1) is 19.4. The van der Waals surface area contributed by atoms with Crippen molar-refractivity contribution in [1.82, 2.24) is 0 Å². The molecule has 3 rings (SSSR count). The summed E-state index contributed by atoms with van der Waals surface area (Å²) in [6.45, 7) is 2.00. The van der Waals surface area contributed by atoms with Crippen molar-refractivity contribution in [3.63, 3.8) is 0 Å². The first-order valence-corrected chi connectivity index (χ1v) is 8.95. The molecule has 1 unspecified atom stereocenters. The number of nitrogens with zero attached hydrogens (tertiary/aromatic N) is 2. The van der Waals surface area contributed by atoms with Crippen LogP contribution in [-0.2, 0) is 23.9 Å². The van der Waals surface area contributed by atoms with E-state index in [1.54, 1.807) is 34.2 Å². The van der Waals surface area contributed by atoms with Gasteiger partial charge in [0.2, 0.25) is 5.91 Å². The summed E-state index contributed by atoms with van der Waals surface area (Å²) in [5.41, 5.74) is 1.47. The Morgan fingerprint density at radius 3 is 2.43 bits per heavy atom.